The Kier molecular flexibility index (Phi) is 4.46. The lowest BCUT2D eigenvalue weighted by Crippen LogP contribution is -2.52. The Morgan fingerprint density at radius 2 is 1.56 bits per heavy atom. The van der Waals surface area contributed by atoms with Gasteiger partial charge in [-0.1, -0.05) is 5.64 Å². The van der Waals surface area contributed by atoms with Gasteiger partial charge < -0.3 is 9.84 Å². The van der Waals surface area contributed by atoms with Crippen molar-refractivity contribution in [2.75, 3.05) is 0 Å². The fourth-order valence-corrected chi connectivity index (χ4v) is 0.635. The average Bonchev–Trinajstić information content (AvgIpc) is 2.00. The number of ether oxygens (including phenoxy) is 1. The molecule has 0 fully saturated rings. The Morgan fingerprint density at radius 3 is 1.88 bits per heavy atom. The van der Waals surface area contributed by atoms with Crippen LogP contribution in [0.15, 0.2) is 0 Å². The van der Waals surface area contributed by atoms with Crippen LogP contribution in [0, 0.1) is 0 Å². The first kappa shape index (κ1) is 15.3. The van der Waals surface area contributed by atoms with Crippen LogP contribution in [-0.2, 0) is 14.4 Å². The summed E-state index contributed by atoms with van der Waals surface area (Å²) in [6, 6.07) is 0. The smallest absolute Gasteiger partial charge is 0.340 e. The monoisotopic (exact) mass is 235 g/mol. The number of carbonyl (C=O) groups excluding carboxylic acids is 1. The minimum atomic E-state index is -1.35. The fraction of sp³-hybridized carbons (Fsp3) is 0.900. The van der Waals surface area contributed by atoms with Crippen molar-refractivity contribution >= 4 is 5.97 Å². The van der Waals surface area contributed by atoms with Crippen LogP contribution in [0.2, 0.25) is 0 Å². The Hall–Kier alpha value is -0.690. The standard InChI is InChI=1S/C10H21NO5/c1-8(2,16-11-14)7(12)15-10(5,6)9(3,4)13/h11,13-14H,1-6H3. The molecule has 0 bridgehead atoms. The van der Waals surface area contributed by atoms with Crippen molar-refractivity contribution in [3.63, 3.8) is 0 Å². The predicted molar refractivity (Wildman–Crippen MR) is 56.6 cm³/mol. The third-order valence-electron chi connectivity index (χ3n) is 2.61. The van der Waals surface area contributed by atoms with E-state index in [2.05, 4.69) is 4.84 Å². The van der Waals surface area contributed by atoms with Gasteiger partial charge in [-0.15, -0.1) is 0 Å². The van der Waals surface area contributed by atoms with Gasteiger partial charge in [0, 0.05) is 0 Å². The van der Waals surface area contributed by atoms with Crippen LogP contribution in [0.25, 0.3) is 0 Å². The van der Waals surface area contributed by atoms with Gasteiger partial charge in [-0.25, -0.2) is 4.79 Å². The minimum absolute atomic E-state index is 0.693. The number of hydrogen-bond acceptors (Lipinski definition) is 6. The molecular formula is C10H21NO5. The van der Waals surface area contributed by atoms with Crippen LogP contribution in [0.1, 0.15) is 41.5 Å². The van der Waals surface area contributed by atoms with E-state index in [0.29, 0.717) is 0 Å². The molecule has 0 atom stereocenters. The topological polar surface area (TPSA) is 88.0 Å². The van der Waals surface area contributed by atoms with E-state index in [1.54, 1.807) is 27.7 Å². The summed E-state index contributed by atoms with van der Waals surface area (Å²) in [5.74, 6) is -0.693. The van der Waals surface area contributed by atoms with Crippen molar-refractivity contribution in [1.29, 1.82) is 0 Å². The second kappa shape index (κ2) is 4.67. The maximum atomic E-state index is 11.7. The molecule has 16 heavy (non-hydrogen) atoms. The molecular weight excluding hydrogens is 214 g/mol. The fourth-order valence-electron chi connectivity index (χ4n) is 0.635. The van der Waals surface area contributed by atoms with Crippen molar-refractivity contribution in [1.82, 2.24) is 5.64 Å². The highest BCUT2D eigenvalue weighted by Gasteiger charge is 2.43. The van der Waals surface area contributed by atoms with Gasteiger partial charge in [0.1, 0.15) is 5.60 Å². The van der Waals surface area contributed by atoms with Gasteiger partial charge in [-0.3, -0.25) is 10.0 Å². The van der Waals surface area contributed by atoms with E-state index in [9.17, 15) is 9.90 Å². The highest BCUT2D eigenvalue weighted by Crippen LogP contribution is 2.27. The van der Waals surface area contributed by atoms with Gasteiger partial charge in [0.05, 0.1) is 5.60 Å². The summed E-state index contributed by atoms with van der Waals surface area (Å²) in [5.41, 5.74) is -2.16. The number of carbonyl (C=O) groups is 1. The molecule has 0 unspecified atom stereocenters. The first-order chi connectivity index (χ1) is 6.94. The van der Waals surface area contributed by atoms with Crippen LogP contribution in [0.4, 0.5) is 0 Å². The van der Waals surface area contributed by atoms with E-state index in [1.807, 2.05) is 0 Å². The number of esters is 1. The molecule has 96 valence electrons. The Labute approximate surface area is 95.5 Å². The van der Waals surface area contributed by atoms with Gasteiger partial charge in [-0.05, 0) is 41.5 Å². The number of rotatable bonds is 5. The highest BCUT2D eigenvalue weighted by molar-refractivity contribution is 5.79. The highest BCUT2D eigenvalue weighted by atomic mass is 16.9. The van der Waals surface area contributed by atoms with Crippen molar-refractivity contribution in [2.45, 2.75) is 58.3 Å². The molecule has 0 spiro atoms. The predicted octanol–water partition coefficient (Wildman–Crippen LogP) is 0.768. The third-order valence-corrected chi connectivity index (χ3v) is 2.61. The van der Waals surface area contributed by atoms with Gasteiger partial charge in [0.15, 0.2) is 5.60 Å². The first-order valence-electron chi connectivity index (χ1n) is 4.97. The SMILES string of the molecule is CC(C)(ONO)C(=O)OC(C)(C)C(C)(C)O. The summed E-state index contributed by atoms with van der Waals surface area (Å²) in [7, 11) is 0. The second-order valence-corrected chi connectivity index (χ2v) is 5.16. The average molecular weight is 235 g/mol. The van der Waals surface area contributed by atoms with E-state index in [-0.39, 0.29) is 0 Å². The molecule has 0 radical (unpaired) electrons. The maximum Gasteiger partial charge on any atom is 0.340 e. The zero-order chi connectivity index (χ0) is 13.2. The summed E-state index contributed by atoms with van der Waals surface area (Å²) >= 11 is 0. The van der Waals surface area contributed by atoms with Gasteiger partial charge in [0.2, 0.25) is 0 Å². The molecule has 0 saturated carbocycles. The molecule has 0 saturated heterocycles. The molecule has 3 N–H and O–H groups in total. The van der Waals surface area contributed by atoms with E-state index < -0.39 is 22.8 Å². The zero-order valence-electron chi connectivity index (χ0n) is 10.6. The van der Waals surface area contributed by atoms with Crippen LogP contribution in [0.3, 0.4) is 0 Å². The number of hydrogen-bond donors (Lipinski definition) is 3. The molecule has 6 nitrogen and oxygen atoms in total. The van der Waals surface area contributed by atoms with Crippen molar-refractivity contribution in [3.05, 3.63) is 0 Å². The van der Waals surface area contributed by atoms with Crippen molar-refractivity contribution < 1.29 is 24.7 Å². The van der Waals surface area contributed by atoms with Crippen LogP contribution >= 0.6 is 0 Å². The van der Waals surface area contributed by atoms with Crippen molar-refractivity contribution in [3.8, 4) is 0 Å². The quantitative estimate of drug-likeness (QED) is 0.482. The third kappa shape index (κ3) is 3.71. The summed E-state index contributed by atoms with van der Waals surface area (Å²) in [6.07, 6.45) is 0. The molecule has 6 heteroatoms. The van der Waals surface area contributed by atoms with Crippen LogP contribution < -0.4 is 5.64 Å². The molecule has 0 aromatic heterocycles. The lowest BCUT2D eigenvalue weighted by Gasteiger charge is -2.38. The summed E-state index contributed by atoms with van der Waals surface area (Å²) in [5, 5.41) is 18.2. The van der Waals surface area contributed by atoms with E-state index in [1.165, 1.54) is 19.5 Å². The summed E-state index contributed by atoms with van der Waals surface area (Å²) in [4.78, 5) is 16.3. The van der Waals surface area contributed by atoms with Gasteiger partial charge in [0.25, 0.3) is 0 Å². The first-order valence-corrected chi connectivity index (χ1v) is 4.97. The molecule has 0 heterocycles. The van der Waals surface area contributed by atoms with E-state index >= 15 is 0 Å². The van der Waals surface area contributed by atoms with Crippen LogP contribution in [0.5, 0.6) is 0 Å². The molecule has 0 aromatic rings. The van der Waals surface area contributed by atoms with Gasteiger partial charge >= 0.3 is 5.97 Å². The van der Waals surface area contributed by atoms with Crippen molar-refractivity contribution in [2.24, 2.45) is 0 Å². The second-order valence-electron chi connectivity index (χ2n) is 5.16. The summed E-state index contributed by atoms with van der Waals surface area (Å²) < 4.78 is 5.15. The Bertz CT molecular complexity index is 254. The van der Waals surface area contributed by atoms with E-state index in [0.717, 1.165) is 0 Å². The zero-order valence-corrected chi connectivity index (χ0v) is 10.6. The van der Waals surface area contributed by atoms with Gasteiger partial charge in [-0.2, -0.15) is 0 Å². The largest absolute Gasteiger partial charge is 0.454 e. The number of aliphatic hydroxyl groups is 1. The molecule has 0 aliphatic rings. The van der Waals surface area contributed by atoms with E-state index in [4.69, 9.17) is 9.94 Å². The minimum Gasteiger partial charge on any atom is -0.454 e. The molecule has 0 rings (SSSR count). The lowest BCUT2D eigenvalue weighted by molar-refractivity contribution is -0.233. The molecule has 0 amide bonds. The Balaban J connectivity index is 4.69. The summed E-state index contributed by atoms with van der Waals surface area (Å²) in [6.45, 7) is 9.12. The Morgan fingerprint density at radius 1 is 1.12 bits per heavy atom. The molecule has 0 aromatic carbocycles. The molecule has 0 aliphatic heterocycles. The normalized spacial score (nSPS) is 13.8. The number of nitrogens with one attached hydrogen (secondary N) is 1. The maximum absolute atomic E-state index is 11.7. The van der Waals surface area contributed by atoms with Crippen LogP contribution in [-0.4, -0.2) is 33.1 Å². The lowest BCUT2D eigenvalue weighted by atomic mass is 9.89. The molecule has 0 aliphatic carbocycles.